The lowest BCUT2D eigenvalue weighted by molar-refractivity contribution is -0.659. The first-order valence-electron chi connectivity index (χ1n) is 10.2. The van der Waals surface area contributed by atoms with Gasteiger partial charge in [0.05, 0.1) is 10.8 Å². The Morgan fingerprint density at radius 1 is 0.724 bits per heavy atom. The van der Waals surface area contributed by atoms with Crippen LogP contribution in [0.25, 0.3) is 32.9 Å². The number of aryl methyl sites for hydroxylation is 1. The van der Waals surface area contributed by atoms with Gasteiger partial charge in [0, 0.05) is 34.8 Å². The summed E-state index contributed by atoms with van der Waals surface area (Å²) in [7, 11) is 0. The van der Waals surface area contributed by atoms with Crippen LogP contribution < -0.4 is 40.0 Å². The third-order valence-corrected chi connectivity index (χ3v) is 5.45. The Labute approximate surface area is 189 Å². The molecule has 29 heavy (non-hydrogen) atoms. The van der Waals surface area contributed by atoms with Gasteiger partial charge < -0.3 is 35.4 Å². The molecule has 0 aliphatic rings. The lowest BCUT2D eigenvalue weighted by atomic mass is 9.98. The van der Waals surface area contributed by atoms with Crippen LogP contribution in [0.1, 0.15) is 32.6 Å². The minimum Gasteiger partial charge on any atom is -1.00 e. The van der Waals surface area contributed by atoms with Crippen LogP contribution in [0.4, 0.5) is 11.4 Å². The minimum atomic E-state index is 0. The number of aromatic nitrogens is 1. The van der Waals surface area contributed by atoms with Crippen molar-refractivity contribution in [2.75, 3.05) is 11.5 Å². The highest BCUT2D eigenvalue weighted by atomic mass is 127. The summed E-state index contributed by atoms with van der Waals surface area (Å²) in [6.45, 7) is 3.21. The molecule has 0 fully saturated rings. The summed E-state index contributed by atoms with van der Waals surface area (Å²) in [6, 6.07) is 23.1. The molecule has 4 aromatic rings. The van der Waals surface area contributed by atoms with Crippen molar-refractivity contribution in [3.05, 3.63) is 66.7 Å². The summed E-state index contributed by atoms with van der Waals surface area (Å²) in [4.78, 5) is 0. The lowest BCUT2D eigenvalue weighted by Gasteiger charge is -2.13. The van der Waals surface area contributed by atoms with Gasteiger partial charge in [-0.15, -0.1) is 0 Å². The minimum absolute atomic E-state index is 0. The quantitative estimate of drug-likeness (QED) is 0.142. The molecule has 0 spiro atoms. The number of benzene rings is 3. The van der Waals surface area contributed by atoms with Crippen LogP contribution in [-0.2, 0) is 6.54 Å². The summed E-state index contributed by atoms with van der Waals surface area (Å²) in [5.74, 6) is 0. The summed E-state index contributed by atoms with van der Waals surface area (Å²) < 4.78 is 2.44. The van der Waals surface area contributed by atoms with Gasteiger partial charge in [0.25, 0.3) is 0 Å². The largest absolute Gasteiger partial charge is 1.00 e. The number of rotatable bonds is 6. The maximum atomic E-state index is 6.20. The molecular formula is C25H28IN3. The van der Waals surface area contributed by atoms with E-state index in [1.165, 1.54) is 52.2 Å². The van der Waals surface area contributed by atoms with Gasteiger partial charge in [-0.25, -0.2) is 0 Å². The van der Waals surface area contributed by atoms with Crippen molar-refractivity contribution in [2.45, 2.75) is 39.2 Å². The van der Waals surface area contributed by atoms with Gasteiger partial charge >= 0.3 is 0 Å². The van der Waals surface area contributed by atoms with Crippen molar-refractivity contribution in [2.24, 2.45) is 0 Å². The lowest BCUT2D eigenvalue weighted by Crippen LogP contribution is -3.00. The van der Waals surface area contributed by atoms with Gasteiger partial charge in [0.1, 0.15) is 6.54 Å². The number of anilines is 2. The van der Waals surface area contributed by atoms with Crippen LogP contribution in [-0.4, -0.2) is 0 Å². The highest BCUT2D eigenvalue weighted by Crippen LogP contribution is 2.33. The first kappa shape index (κ1) is 21.4. The molecule has 0 aliphatic carbocycles. The van der Waals surface area contributed by atoms with Gasteiger partial charge in [0.2, 0.25) is 11.2 Å². The molecule has 3 aromatic carbocycles. The van der Waals surface area contributed by atoms with Crippen LogP contribution >= 0.6 is 0 Å². The number of nitrogens with two attached hydrogens (primary N) is 2. The second-order valence-corrected chi connectivity index (χ2v) is 7.51. The number of hydrogen-bond donors (Lipinski definition) is 2. The number of pyridine rings is 1. The van der Waals surface area contributed by atoms with Gasteiger partial charge in [-0.05, 0) is 42.8 Å². The molecule has 0 saturated carbocycles. The predicted molar refractivity (Wildman–Crippen MR) is 120 cm³/mol. The zero-order valence-corrected chi connectivity index (χ0v) is 19.0. The van der Waals surface area contributed by atoms with E-state index in [1.54, 1.807) is 0 Å². The van der Waals surface area contributed by atoms with E-state index in [9.17, 15) is 0 Å². The van der Waals surface area contributed by atoms with Crippen LogP contribution in [0.5, 0.6) is 0 Å². The fraction of sp³-hybridized carbons (Fsp3) is 0.240. The molecule has 150 valence electrons. The molecule has 3 nitrogen and oxygen atoms in total. The topological polar surface area (TPSA) is 55.9 Å². The average Bonchev–Trinajstić information content (AvgIpc) is 2.71. The Hall–Kier alpha value is -2.34. The summed E-state index contributed by atoms with van der Waals surface area (Å²) in [6.07, 6.45) is 4.88. The predicted octanol–water partition coefficient (Wildman–Crippen LogP) is 2.70. The van der Waals surface area contributed by atoms with E-state index in [0.29, 0.717) is 0 Å². The van der Waals surface area contributed by atoms with E-state index < -0.39 is 0 Å². The van der Waals surface area contributed by atoms with Gasteiger partial charge in [0.15, 0.2) is 0 Å². The molecule has 1 heterocycles. The average molecular weight is 497 g/mol. The third kappa shape index (κ3) is 4.32. The van der Waals surface area contributed by atoms with Crippen molar-refractivity contribution < 1.29 is 28.5 Å². The number of fused-ring (bicyclic) bond motifs is 3. The number of nitrogen functional groups attached to an aromatic ring is 2. The highest BCUT2D eigenvalue weighted by molar-refractivity contribution is 6.10. The Kier molecular flexibility index (Phi) is 6.96. The highest BCUT2D eigenvalue weighted by Gasteiger charge is 2.23. The smallest absolute Gasteiger partial charge is 0.220 e. The van der Waals surface area contributed by atoms with E-state index >= 15 is 0 Å². The van der Waals surface area contributed by atoms with Crippen molar-refractivity contribution in [1.29, 1.82) is 0 Å². The monoisotopic (exact) mass is 497 g/mol. The second kappa shape index (κ2) is 9.44. The summed E-state index contributed by atoms with van der Waals surface area (Å²) in [5.41, 5.74) is 17.6. The second-order valence-electron chi connectivity index (χ2n) is 7.51. The van der Waals surface area contributed by atoms with E-state index in [0.717, 1.165) is 24.3 Å². The molecule has 4 heteroatoms. The van der Waals surface area contributed by atoms with Crippen molar-refractivity contribution in [1.82, 2.24) is 0 Å². The first-order chi connectivity index (χ1) is 13.7. The number of hydrogen-bond acceptors (Lipinski definition) is 2. The van der Waals surface area contributed by atoms with E-state index in [2.05, 4.69) is 66.1 Å². The Morgan fingerprint density at radius 2 is 1.41 bits per heavy atom. The molecule has 0 saturated heterocycles. The van der Waals surface area contributed by atoms with Crippen LogP contribution in [0.15, 0.2) is 66.7 Å². The summed E-state index contributed by atoms with van der Waals surface area (Å²) >= 11 is 0. The van der Waals surface area contributed by atoms with Crippen molar-refractivity contribution in [3.8, 4) is 11.3 Å². The van der Waals surface area contributed by atoms with Gasteiger partial charge in [-0.1, -0.05) is 44.0 Å². The Balaban J connectivity index is 0.00000240. The maximum absolute atomic E-state index is 6.20. The standard InChI is InChI=1S/C25H27N3.HI/c1-2-3-4-8-15-28-24-17-20(27)12-14-22(24)21-13-11-19(26)16-23(21)25(28)18-9-6-5-7-10-18;/h5-7,9-14,16-17,27H,2-4,8,15,26H2,1H3;1H. The first-order valence-corrected chi connectivity index (χ1v) is 10.2. The number of nitrogens with zero attached hydrogens (tertiary/aromatic N) is 1. The number of halogens is 1. The fourth-order valence-corrected chi connectivity index (χ4v) is 4.09. The Bertz CT molecular complexity index is 1120. The van der Waals surface area contributed by atoms with Gasteiger partial charge in [-0.3, -0.25) is 0 Å². The molecule has 0 atom stereocenters. The molecule has 4 rings (SSSR count). The molecular weight excluding hydrogens is 469 g/mol. The number of unbranched alkanes of at least 4 members (excludes halogenated alkanes) is 3. The molecule has 1 aromatic heterocycles. The molecule has 0 radical (unpaired) electrons. The zero-order chi connectivity index (χ0) is 19.5. The van der Waals surface area contributed by atoms with Crippen molar-refractivity contribution >= 4 is 33.1 Å². The molecule has 0 aliphatic heterocycles. The van der Waals surface area contributed by atoms with Gasteiger partial charge in [-0.2, -0.15) is 4.57 Å². The summed E-state index contributed by atoms with van der Waals surface area (Å²) in [5, 5.41) is 3.63. The van der Waals surface area contributed by atoms with E-state index in [1.807, 2.05) is 12.1 Å². The van der Waals surface area contributed by atoms with Crippen LogP contribution in [0.2, 0.25) is 0 Å². The molecule has 0 amide bonds. The molecule has 0 unspecified atom stereocenters. The normalized spacial score (nSPS) is 10.9. The Morgan fingerprint density at radius 3 is 2.14 bits per heavy atom. The van der Waals surface area contributed by atoms with E-state index in [-0.39, 0.29) is 24.0 Å². The zero-order valence-electron chi connectivity index (χ0n) is 16.9. The molecule has 4 N–H and O–H groups in total. The van der Waals surface area contributed by atoms with E-state index in [4.69, 9.17) is 11.5 Å². The SMILES string of the molecule is CCCCCC[n+]1c(-c2ccccc2)c2cc(N)ccc2c2ccc(N)cc21.[I-]. The van der Waals surface area contributed by atoms with Crippen LogP contribution in [0.3, 0.4) is 0 Å². The third-order valence-electron chi connectivity index (χ3n) is 5.45. The fourth-order valence-electron chi connectivity index (χ4n) is 4.09. The maximum Gasteiger partial charge on any atom is 0.220 e. The van der Waals surface area contributed by atoms with Crippen molar-refractivity contribution in [3.63, 3.8) is 0 Å². The van der Waals surface area contributed by atoms with Crippen LogP contribution in [0, 0.1) is 0 Å². The molecule has 0 bridgehead atoms.